The van der Waals surface area contributed by atoms with Gasteiger partial charge in [0.15, 0.2) is 0 Å². The molecule has 3 N–H and O–H groups in total. The van der Waals surface area contributed by atoms with E-state index in [-0.39, 0.29) is 17.7 Å². The summed E-state index contributed by atoms with van der Waals surface area (Å²) in [5, 5.41) is 16.5. The highest BCUT2D eigenvalue weighted by Crippen LogP contribution is 2.29. The van der Waals surface area contributed by atoms with Gasteiger partial charge in [0.2, 0.25) is 0 Å². The molecule has 1 aliphatic rings. The van der Waals surface area contributed by atoms with Crippen LogP contribution in [-0.2, 0) is 17.8 Å². The second-order valence-electron chi connectivity index (χ2n) is 7.15. The zero-order chi connectivity index (χ0) is 21.8. The van der Waals surface area contributed by atoms with Gasteiger partial charge in [-0.05, 0) is 46.8 Å². The molecule has 0 unspecified atom stereocenters. The quantitative estimate of drug-likeness (QED) is 0.524. The van der Waals surface area contributed by atoms with Gasteiger partial charge in [0, 0.05) is 17.5 Å². The fraction of sp³-hybridized carbons (Fsp3) is 0.227. The number of carbonyl (C=O) groups is 2. The number of hydrogen-bond donors (Lipinski definition) is 3. The van der Waals surface area contributed by atoms with E-state index in [4.69, 9.17) is 4.74 Å². The van der Waals surface area contributed by atoms with Gasteiger partial charge < -0.3 is 25.0 Å². The molecule has 0 bridgehead atoms. The van der Waals surface area contributed by atoms with Gasteiger partial charge in [-0.25, -0.2) is 4.79 Å². The second kappa shape index (κ2) is 9.05. The molecule has 1 aliphatic heterocycles. The lowest BCUT2D eigenvalue weighted by Gasteiger charge is -2.19. The maximum absolute atomic E-state index is 12.7. The van der Waals surface area contributed by atoms with Crippen LogP contribution >= 0.6 is 11.3 Å². The number of rotatable bonds is 7. The molecule has 3 heterocycles. The number of aliphatic carboxylic acids is 1. The van der Waals surface area contributed by atoms with Gasteiger partial charge in [0.25, 0.3) is 5.56 Å². The van der Waals surface area contributed by atoms with Crippen molar-refractivity contribution in [2.24, 2.45) is 0 Å². The molecule has 0 saturated carbocycles. The number of anilines is 1. The number of aromatic nitrogens is 1. The fourth-order valence-corrected chi connectivity index (χ4v) is 4.20. The van der Waals surface area contributed by atoms with Gasteiger partial charge in [-0.2, -0.15) is 0 Å². The normalized spacial score (nSPS) is 13.2. The maximum Gasteiger partial charge on any atom is 0.319 e. The van der Waals surface area contributed by atoms with Crippen LogP contribution in [0, 0.1) is 0 Å². The monoisotopic (exact) mass is 439 g/mol. The number of pyridine rings is 1. The number of nitrogens with zero attached hydrogens (tertiary/aromatic N) is 1. The minimum Gasteiger partial charge on any atom is -0.493 e. The van der Waals surface area contributed by atoms with Crippen molar-refractivity contribution in [3.63, 3.8) is 0 Å². The van der Waals surface area contributed by atoms with Crippen LogP contribution in [0.4, 0.5) is 10.5 Å². The first-order valence-corrected chi connectivity index (χ1v) is 10.6. The molecule has 160 valence electrons. The average molecular weight is 439 g/mol. The molecular weight excluding hydrogens is 418 g/mol. The van der Waals surface area contributed by atoms with Crippen molar-refractivity contribution in [1.82, 2.24) is 9.88 Å². The number of carboxylic acid groups (broad SMARTS) is 1. The molecule has 1 aromatic carbocycles. The van der Waals surface area contributed by atoms with E-state index < -0.39 is 18.0 Å². The summed E-state index contributed by atoms with van der Waals surface area (Å²) in [6, 6.07) is 11.0. The first-order valence-electron chi connectivity index (χ1n) is 9.76. The van der Waals surface area contributed by atoms with Crippen molar-refractivity contribution < 1.29 is 19.4 Å². The number of carboxylic acids is 1. The Hall–Kier alpha value is -3.59. The Labute approximate surface area is 182 Å². The van der Waals surface area contributed by atoms with Crippen molar-refractivity contribution in [3.05, 3.63) is 80.4 Å². The number of urea groups is 1. The molecule has 9 heteroatoms. The van der Waals surface area contributed by atoms with Crippen molar-refractivity contribution in [2.75, 3.05) is 11.9 Å². The van der Waals surface area contributed by atoms with Crippen LogP contribution in [0.25, 0.3) is 0 Å². The zero-order valence-corrected chi connectivity index (χ0v) is 17.4. The lowest BCUT2D eigenvalue weighted by atomic mass is 10.0. The third-order valence-electron chi connectivity index (χ3n) is 4.97. The Kier molecular flexibility index (Phi) is 6.03. The average Bonchev–Trinajstić information content (AvgIpc) is 3.41. The van der Waals surface area contributed by atoms with E-state index in [1.165, 1.54) is 10.6 Å². The smallest absolute Gasteiger partial charge is 0.319 e. The topological polar surface area (TPSA) is 110 Å². The predicted molar refractivity (Wildman–Crippen MR) is 117 cm³/mol. The molecular formula is C22H21N3O5S. The van der Waals surface area contributed by atoms with E-state index in [0.717, 1.165) is 22.6 Å². The van der Waals surface area contributed by atoms with Crippen LogP contribution in [0.3, 0.4) is 0 Å². The fourth-order valence-electron chi connectivity index (χ4n) is 3.49. The number of benzene rings is 1. The van der Waals surface area contributed by atoms with Crippen LogP contribution in [-0.4, -0.2) is 28.3 Å². The van der Waals surface area contributed by atoms with Gasteiger partial charge in [0.05, 0.1) is 25.6 Å². The molecule has 0 spiro atoms. The summed E-state index contributed by atoms with van der Waals surface area (Å²) in [6.45, 7) is 0.995. The largest absolute Gasteiger partial charge is 0.493 e. The Morgan fingerprint density at radius 2 is 2.10 bits per heavy atom. The highest BCUT2D eigenvalue weighted by Gasteiger charge is 2.21. The molecule has 31 heavy (non-hydrogen) atoms. The molecule has 2 amide bonds. The summed E-state index contributed by atoms with van der Waals surface area (Å²) in [7, 11) is 0. The Bertz CT molecular complexity index is 1160. The van der Waals surface area contributed by atoms with Gasteiger partial charge in [0.1, 0.15) is 11.4 Å². The molecule has 0 aliphatic carbocycles. The van der Waals surface area contributed by atoms with Gasteiger partial charge >= 0.3 is 12.0 Å². The van der Waals surface area contributed by atoms with E-state index >= 15 is 0 Å². The van der Waals surface area contributed by atoms with E-state index in [2.05, 4.69) is 10.6 Å². The number of fused-ring (bicyclic) bond motifs is 1. The van der Waals surface area contributed by atoms with Crippen LogP contribution in [0.5, 0.6) is 5.75 Å². The minimum atomic E-state index is -1.04. The van der Waals surface area contributed by atoms with Gasteiger partial charge in [-0.15, -0.1) is 11.3 Å². The summed E-state index contributed by atoms with van der Waals surface area (Å²) in [6.07, 6.45) is 2.11. The van der Waals surface area contributed by atoms with Crippen molar-refractivity contribution in [3.8, 4) is 5.75 Å². The number of hydrogen-bond acceptors (Lipinski definition) is 5. The molecule has 8 nitrogen and oxygen atoms in total. The van der Waals surface area contributed by atoms with E-state index in [1.54, 1.807) is 35.7 Å². The van der Waals surface area contributed by atoms with E-state index in [9.17, 15) is 19.5 Å². The molecule has 4 rings (SSSR count). The van der Waals surface area contributed by atoms with E-state index in [0.29, 0.717) is 18.7 Å². The molecule has 0 radical (unpaired) electrons. The van der Waals surface area contributed by atoms with Crippen LogP contribution in [0.2, 0.25) is 0 Å². The van der Waals surface area contributed by atoms with Crippen molar-refractivity contribution >= 4 is 29.0 Å². The zero-order valence-electron chi connectivity index (χ0n) is 16.5. The molecule has 0 saturated heterocycles. The number of carbonyl (C=O) groups excluding carboxylic acids is 1. The Morgan fingerprint density at radius 3 is 2.87 bits per heavy atom. The number of ether oxygens (including phenoxy) is 1. The molecule has 0 fully saturated rings. The van der Waals surface area contributed by atoms with Crippen LogP contribution in [0.15, 0.2) is 58.8 Å². The highest BCUT2D eigenvalue weighted by atomic mass is 32.1. The molecule has 1 atom stereocenters. The summed E-state index contributed by atoms with van der Waals surface area (Å²) in [5.74, 6) is -0.266. The predicted octanol–water partition coefficient (Wildman–Crippen LogP) is 3.23. The second-order valence-corrected chi connectivity index (χ2v) is 8.18. The summed E-state index contributed by atoms with van der Waals surface area (Å²) in [5.41, 5.74) is 1.43. The standard InChI is InChI=1S/C22H21N3O5S/c26-20(27)12-18(14-5-6-19-15(11-14)7-9-30-19)24-22(29)23-17-4-1-8-25(21(17)28)13-16-3-2-10-31-16/h1-6,8,10-11,18H,7,9,12-13H2,(H,26,27)(H2,23,24,29)/t18-/m0/s1. The third kappa shape index (κ3) is 4.95. The first kappa shape index (κ1) is 20.7. The van der Waals surface area contributed by atoms with E-state index in [1.807, 2.05) is 23.6 Å². The maximum atomic E-state index is 12.7. The van der Waals surface area contributed by atoms with Crippen LogP contribution < -0.4 is 20.9 Å². The minimum absolute atomic E-state index is 0.119. The van der Waals surface area contributed by atoms with Crippen molar-refractivity contribution in [1.29, 1.82) is 0 Å². The SMILES string of the molecule is O=C(O)C[C@H](NC(=O)Nc1cccn(Cc2cccs2)c1=O)c1ccc2c(c1)CCO2. The number of nitrogens with one attached hydrogen (secondary N) is 2. The van der Waals surface area contributed by atoms with Gasteiger partial charge in [-0.1, -0.05) is 12.1 Å². The highest BCUT2D eigenvalue weighted by molar-refractivity contribution is 7.09. The molecule has 3 aromatic rings. The molecule has 2 aromatic heterocycles. The Morgan fingerprint density at radius 1 is 1.23 bits per heavy atom. The summed E-state index contributed by atoms with van der Waals surface area (Å²) >= 11 is 1.54. The summed E-state index contributed by atoms with van der Waals surface area (Å²) < 4.78 is 6.99. The number of thiophene rings is 1. The third-order valence-corrected chi connectivity index (χ3v) is 5.84. The first-order chi connectivity index (χ1) is 15.0. The Balaban J connectivity index is 1.49. The summed E-state index contributed by atoms with van der Waals surface area (Å²) in [4.78, 5) is 37.7. The van der Waals surface area contributed by atoms with Crippen LogP contribution in [0.1, 0.15) is 28.5 Å². The number of amides is 2. The van der Waals surface area contributed by atoms with Crippen molar-refractivity contribution in [2.45, 2.75) is 25.4 Å². The van der Waals surface area contributed by atoms with Gasteiger partial charge in [-0.3, -0.25) is 9.59 Å². The lowest BCUT2D eigenvalue weighted by molar-refractivity contribution is -0.137. The lowest BCUT2D eigenvalue weighted by Crippen LogP contribution is -2.36.